The van der Waals surface area contributed by atoms with Crippen LogP contribution in [0.15, 0.2) is 96.8 Å². The van der Waals surface area contributed by atoms with Crippen molar-refractivity contribution in [3.8, 4) is 11.1 Å². The molecule has 0 aromatic heterocycles. The smallest absolute Gasteiger partial charge is 0.293 e. The van der Waals surface area contributed by atoms with Gasteiger partial charge in [0.1, 0.15) is 5.60 Å². The number of carbonyl (C=O) groups excluding carboxylic acids is 2. The van der Waals surface area contributed by atoms with Gasteiger partial charge in [-0.3, -0.25) is 9.59 Å². The molecular weight excluding hydrogens is 386 g/mol. The highest BCUT2D eigenvalue weighted by atomic mass is 16.5. The van der Waals surface area contributed by atoms with Gasteiger partial charge in [-0.15, -0.1) is 0 Å². The van der Waals surface area contributed by atoms with Crippen molar-refractivity contribution < 1.29 is 14.3 Å². The van der Waals surface area contributed by atoms with Crippen molar-refractivity contribution >= 4 is 17.4 Å². The van der Waals surface area contributed by atoms with E-state index in [1.54, 1.807) is 4.90 Å². The van der Waals surface area contributed by atoms with Gasteiger partial charge in [-0.1, -0.05) is 72.8 Å². The Morgan fingerprint density at radius 1 is 0.903 bits per heavy atom. The summed E-state index contributed by atoms with van der Waals surface area (Å²) < 4.78 is 5.91. The van der Waals surface area contributed by atoms with Gasteiger partial charge in [-0.2, -0.15) is 0 Å². The minimum atomic E-state index is -0.707. The maximum absolute atomic E-state index is 13.6. The first-order chi connectivity index (χ1) is 14.9. The Hall–Kier alpha value is -3.66. The molecule has 31 heavy (non-hydrogen) atoms. The lowest BCUT2D eigenvalue weighted by atomic mass is 9.98. The quantitative estimate of drug-likeness (QED) is 0.554. The summed E-state index contributed by atoms with van der Waals surface area (Å²) in [6.45, 7) is 4.01. The first-order valence-corrected chi connectivity index (χ1v) is 10.4. The molecule has 4 rings (SSSR count). The van der Waals surface area contributed by atoms with Crippen LogP contribution in [0.2, 0.25) is 0 Å². The van der Waals surface area contributed by atoms with E-state index in [0.29, 0.717) is 6.54 Å². The third-order valence-electron chi connectivity index (χ3n) is 5.18. The van der Waals surface area contributed by atoms with Crippen LogP contribution in [0.5, 0.6) is 0 Å². The van der Waals surface area contributed by atoms with Crippen molar-refractivity contribution in [2.24, 2.45) is 0 Å². The van der Waals surface area contributed by atoms with Gasteiger partial charge in [0.15, 0.2) is 11.5 Å². The molecule has 0 aliphatic carbocycles. The molecule has 3 aromatic rings. The Balaban J connectivity index is 1.73. The molecule has 3 aromatic carbocycles. The molecule has 0 atom stereocenters. The van der Waals surface area contributed by atoms with Crippen LogP contribution in [0, 0.1) is 0 Å². The maximum Gasteiger partial charge on any atom is 0.293 e. The normalized spacial score (nSPS) is 15.0. The summed E-state index contributed by atoms with van der Waals surface area (Å²) in [6, 6.07) is 27.7. The summed E-state index contributed by atoms with van der Waals surface area (Å²) in [7, 11) is 0. The third-order valence-corrected chi connectivity index (χ3v) is 5.18. The van der Waals surface area contributed by atoms with Gasteiger partial charge in [-0.25, -0.2) is 0 Å². The highest BCUT2D eigenvalue weighted by molar-refractivity contribution is 6.09. The lowest BCUT2D eigenvalue weighted by molar-refractivity contribution is -0.129. The summed E-state index contributed by atoms with van der Waals surface area (Å²) >= 11 is 0. The van der Waals surface area contributed by atoms with Crippen molar-refractivity contribution in [3.63, 3.8) is 0 Å². The second kappa shape index (κ2) is 8.60. The fourth-order valence-corrected chi connectivity index (χ4v) is 3.75. The standard InChI is InChI=1S/C27H25NO3/c1-27(2)18-24(29)17-25(31-27)26(30)28(19-20-10-5-3-6-11-20)23-15-9-14-22(16-23)21-12-7-4-8-13-21/h3-17H,18-19H2,1-2H3. The van der Waals surface area contributed by atoms with Gasteiger partial charge in [0.25, 0.3) is 5.91 Å². The number of carbonyl (C=O) groups is 2. The van der Waals surface area contributed by atoms with Crippen LogP contribution in [0.1, 0.15) is 25.8 Å². The molecular formula is C27H25NO3. The zero-order valence-electron chi connectivity index (χ0n) is 17.7. The summed E-state index contributed by atoms with van der Waals surface area (Å²) in [5.41, 5.74) is 3.11. The van der Waals surface area contributed by atoms with Crippen molar-refractivity contribution in [3.05, 3.63) is 102 Å². The van der Waals surface area contributed by atoms with E-state index in [1.165, 1.54) is 6.08 Å². The molecule has 0 saturated carbocycles. The summed E-state index contributed by atoms with van der Waals surface area (Å²) in [5.74, 6) is -0.338. The fraction of sp³-hybridized carbons (Fsp3) is 0.185. The predicted octanol–water partition coefficient (Wildman–Crippen LogP) is 5.54. The van der Waals surface area contributed by atoms with E-state index in [9.17, 15) is 9.59 Å². The predicted molar refractivity (Wildman–Crippen MR) is 122 cm³/mol. The molecule has 0 bridgehead atoms. The number of nitrogens with zero attached hydrogens (tertiary/aromatic N) is 1. The number of allylic oxidation sites excluding steroid dienone is 1. The highest BCUT2D eigenvalue weighted by Crippen LogP contribution is 2.30. The Labute approximate surface area is 182 Å². The number of rotatable bonds is 5. The molecule has 4 nitrogen and oxygen atoms in total. The van der Waals surface area contributed by atoms with Gasteiger partial charge in [0, 0.05) is 18.2 Å². The first kappa shape index (κ1) is 20.6. The van der Waals surface area contributed by atoms with Crippen molar-refractivity contribution in [2.45, 2.75) is 32.4 Å². The molecule has 0 spiro atoms. The number of amides is 1. The van der Waals surface area contributed by atoms with E-state index in [2.05, 4.69) is 0 Å². The second-order valence-electron chi connectivity index (χ2n) is 8.31. The Bertz CT molecular complexity index is 1120. The summed E-state index contributed by atoms with van der Waals surface area (Å²) in [6.07, 6.45) is 1.58. The molecule has 4 heteroatoms. The highest BCUT2D eigenvalue weighted by Gasteiger charge is 2.34. The van der Waals surface area contributed by atoms with Crippen LogP contribution in [-0.4, -0.2) is 17.3 Å². The number of hydrogen-bond donors (Lipinski definition) is 0. The molecule has 1 amide bonds. The second-order valence-corrected chi connectivity index (χ2v) is 8.31. The largest absolute Gasteiger partial charge is 0.481 e. The molecule has 0 fully saturated rings. The topological polar surface area (TPSA) is 46.6 Å². The molecule has 156 valence electrons. The van der Waals surface area contributed by atoms with E-state index < -0.39 is 5.60 Å². The van der Waals surface area contributed by atoms with Crippen LogP contribution in [0.25, 0.3) is 11.1 Å². The Kier molecular flexibility index (Phi) is 5.72. The number of hydrogen-bond acceptors (Lipinski definition) is 3. The lowest BCUT2D eigenvalue weighted by Crippen LogP contribution is -2.39. The maximum atomic E-state index is 13.6. The minimum absolute atomic E-state index is 0.0855. The van der Waals surface area contributed by atoms with Gasteiger partial charge in [0.2, 0.25) is 0 Å². The summed E-state index contributed by atoms with van der Waals surface area (Å²) in [5, 5.41) is 0. The molecule has 0 N–H and O–H groups in total. The zero-order chi connectivity index (χ0) is 21.8. The van der Waals surface area contributed by atoms with Crippen LogP contribution in [0.4, 0.5) is 5.69 Å². The number of ketones is 1. The number of ether oxygens (including phenoxy) is 1. The van der Waals surface area contributed by atoms with Crippen molar-refractivity contribution in [2.75, 3.05) is 4.90 Å². The van der Waals surface area contributed by atoms with E-state index in [4.69, 9.17) is 4.74 Å². The van der Waals surface area contributed by atoms with Crippen LogP contribution >= 0.6 is 0 Å². The molecule has 0 unspecified atom stereocenters. The summed E-state index contributed by atoms with van der Waals surface area (Å²) in [4.78, 5) is 27.5. The van der Waals surface area contributed by atoms with E-state index in [-0.39, 0.29) is 23.9 Å². The molecule has 0 saturated heterocycles. The molecule has 1 aliphatic heterocycles. The van der Waals surface area contributed by atoms with Gasteiger partial charge < -0.3 is 9.64 Å². The van der Waals surface area contributed by atoms with Crippen LogP contribution < -0.4 is 4.90 Å². The van der Waals surface area contributed by atoms with E-state index >= 15 is 0 Å². The van der Waals surface area contributed by atoms with Gasteiger partial charge in [0.05, 0.1) is 6.54 Å². The Morgan fingerprint density at radius 2 is 1.55 bits per heavy atom. The lowest BCUT2D eigenvalue weighted by Gasteiger charge is -2.32. The molecule has 1 heterocycles. The van der Waals surface area contributed by atoms with Crippen molar-refractivity contribution in [1.29, 1.82) is 0 Å². The van der Waals surface area contributed by atoms with Crippen LogP contribution in [-0.2, 0) is 20.9 Å². The van der Waals surface area contributed by atoms with Crippen molar-refractivity contribution in [1.82, 2.24) is 0 Å². The monoisotopic (exact) mass is 411 g/mol. The van der Waals surface area contributed by atoms with E-state index in [0.717, 1.165) is 22.4 Å². The third kappa shape index (κ3) is 4.92. The zero-order valence-corrected chi connectivity index (χ0v) is 17.7. The number of anilines is 1. The van der Waals surface area contributed by atoms with Gasteiger partial charge in [-0.05, 0) is 42.7 Å². The average molecular weight is 412 g/mol. The minimum Gasteiger partial charge on any atom is -0.481 e. The SMILES string of the molecule is CC1(C)CC(=O)C=C(C(=O)N(Cc2ccccc2)c2cccc(-c3ccccc3)c2)O1. The average Bonchev–Trinajstić information content (AvgIpc) is 2.77. The molecule has 0 radical (unpaired) electrons. The van der Waals surface area contributed by atoms with Gasteiger partial charge >= 0.3 is 0 Å². The fourth-order valence-electron chi connectivity index (χ4n) is 3.75. The van der Waals surface area contributed by atoms with E-state index in [1.807, 2.05) is 98.8 Å². The Morgan fingerprint density at radius 3 is 2.23 bits per heavy atom. The first-order valence-electron chi connectivity index (χ1n) is 10.4. The molecule has 1 aliphatic rings. The van der Waals surface area contributed by atoms with Crippen LogP contribution in [0.3, 0.4) is 0 Å². The number of benzene rings is 3.